The fourth-order valence-corrected chi connectivity index (χ4v) is 7.82. The van der Waals surface area contributed by atoms with Gasteiger partial charge in [0.05, 0.1) is 0 Å². The number of rotatable bonds is 9. The van der Waals surface area contributed by atoms with Crippen LogP contribution in [0.2, 0.25) is 5.02 Å². The molecule has 2 aliphatic rings. The first-order valence-corrected chi connectivity index (χ1v) is 16.7. The van der Waals surface area contributed by atoms with Crippen LogP contribution in [-0.4, -0.2) is 83.7 Å². The van der Waals surface area contributed by atoms with E-state index in [2.05, 4.69) is 69.0 Å². The molecule has 0 aliphatic carbocycles. The van der Waals surface area contributed by atoms with Crippen molar-refractivity contribution < 1.29 is 14.7 Å². The zero-order chi connectivity index (χ0) is 30.5. The van der Waals surface area contributed by atoms with Gasteiger partial charge in [0.2, 0.25) is 5.91 Å². The molecule has 2 amide bonds. The molecule has 2 fully saturated rings. The SMILES string of the molecule is O=C(O)NC(C(=O)N1CCN(Cc2cccc3ccsc23)CC1)C1CCN(CCc2cc(Cl)ccc2-c2ccccc2)CC1. The van der Waals surface area contributed by atoms with Crippen molar-refractivity contribution in [3.05, 3.63) is 94.3 Å². The monoisotopic (exact) mass is 630 g/mol. The molecule has 4 aromatic rings. The number of carbonyl (C=O) groups excluding carboxylic acids is 1. The molecule has 3 aromatic carbocycles. The lowest BCUT2D eigenvalue weighted by Gasteiger charge is -2.40. The number of nitrogens with one attached hydrogen (secondary N) is 1. The maximum absolute atomic E-state index is 13.7. The van der Waals surface area contributed by atoms with E-state index in [4.69, 9.17) is 11.6 Å². The van der Waals surface area contributed by atoms with Gasteiger partial charge in [0.15, 0.2) is 0 Å². The van der Waals surface area contributed by atoms with Gasteiger partial charge in [-0.25, -0.2) is 4.79 Å². The van der Waals surface area contributed by atoms with Crippen LogP contribution in [0.4, 0.5) is 4.79 Å². The second-order valence-electron chi connectivity index (χ2n) is 11.9. The number of amides is 2. The highest BCUT2D eigenvalue weighted by atomic mass is 35.5. The predicted octanol–water partition coefficient (Wildman–Crippen LogP) is 6.46. The molecule has 230 valence electrons. The summed E-state index contributed by atoms with van der Waals surface area (Å²) in [5.41, 5.74) is 4.92. The minimum absolute atomic E-state index is 0.0182. The second kappa shape index (κ2) is 14.1. The molecular formula is C35H39ClN4O3S. The first-order valence-electron chi connectivity index (χ1n) is 15.5. The lowest BCUT2D eigenvalue weighted by atomic mass is 9.88. The molecular weight excluding hydrogens is 592 g/mol. The van der Waals surface area contributed by atoms with Crippen LogP contribution in [0.5, 0.6) is 0 Å². The molecule has 0 radical (unpaired) electrons. The number of likely N-dealkylation sites (tertiary alicyclic amines) is 1. The van der Waals surface area contributed by atoms with Crippen molar-refractivity contribution in [3.8, 4) is 11.1 Å². The highest BCUT2D eigenvalue weighted by Gasteiger charge is 2.36. The number of thiophene rings is 1. The van der Waals surface area contributed by atoms with Crippen LogP contribution < -0.4 is 5.32 Å². The van der Waals surface area contributed by atoms with Gasteiger partial charge in [-0.3, -0.25) is 9.69 Å². The van der Waals surface area contributed by atoms with Crippen LogP contribution in [0.3, 0.4) is 0 Å². The summed E-state index contributed by atoms with van der Waals surface area (Å²) in [5.74, 6) is -0.104. The van der Waals surface area contributed by atoms with Crippen LogP contribution in [0.15, 0.2) is 78.2 Å². The number of piperidine rings is 1. The third kappa shape index (κ3) is 7.26. The molecule has 0 spiro atoms. The summed E-state index contributed by atoms with van der Waals surface area (Å²) in [4.78, 5) is 32.1. The maximum Gasteiger partial charge on any atom is 0.405 e. The largest absolute Gasteiger partial charge is 0.465 e. The lowest BCUT2D eigenvalue weighted by Crippen LogP contribution is -2.57. The van der Waals surface area contributed by atoms with Gasteiger partial charge in [-0.15, -0.1) is 11.3 Å². The van der Waals surface area contributed by atoms with Gasteiger partial charge in [0.1, 0.15) is 6.04 Å². The Morgan fingerprint density at radius 2 is 1.66 bits per heavy atom. The molecule has 0 bridgehead atoms. The molecule has 1 aromatic heterocycles. The van der Waals surface area contributed by atoms with Crippen LogP contribution in [0.1, 0.15) is 24.0 Å². The number of piperazine rings is 1. The second-order valence-corrected chi connectivity index (χ2v) is 13.2. The summed E-state index contributed by atoms with van der Waals surface area (Å²) in [6, 6.07) is 24.3. The molecule has 2 aliphatic heterocycles. The molecule has 3 heterocycles. The Morgan fingerprint density at radius 3 is 2.41 bits per heavy atom. The summed E-state index contributed by atoms with van der Waals surface area (Å²) in [6.07, 6.45) is 1.30. The lowest BCUT2D eigenvalue weighted by molar-refractivity contribution is -0.137. The van der Waals surface area contributed by atoms with E-state index in [1.165, 1.54) is 32.3 Å². The minimum atomic E-state index is -1.14. The Hall–Kier alpha value is -3.43. The summed E-state index contributed by atoms with van der Waals surface area (Å²) >= 11 is 8.14. The number of nitrogens with zero attached hydrogens (tertiary/aromatic N) is 3. The van der Waals surface area contributed by atoms with E-state index in [0.29, 0.717) is 13.1 Å². The van der Waals surface area contributed by atoms with Gasteiger partial charge >= 0.3 is 6.09 Å². The Kier molecular flexibility index (Phi) is 9.82. The van der Waals surface area contributed by atoms with E-state index >= 15 is 0 Å². The Balaban J connectivity index is 1.02. The molecule has 9 heteroatoms. The Labute approximate surface area is 268 Å². The first kappa shape index (κ1) is 30.6. The molecule has 2 saturated heterocycles. The topological polar surface area (TPSA) is 76.1 Å². The molecule has 6 rings (SSSR count). The highest BCUT2D eigenvalue weighted by molar-refractivity contribution is 7.17. The third-order valence-corrected chi connectivity index (χ3v) is 10.4. The van der Waals surface area contributed by atoms with Crippen LogP contribution in [0, 0.1) is 5.92 Å². The van der Waals surface area contributed by atoms with Crippen molar-refractivity contribution in [2.24, 2.45) is 5.92 Å². The number of carbonyl (C=O) groups is 2. The number of fused-ring (bicyclic) bond motifs is 1. The van der Waals surface area contributed by atoms with Crippen LogP contribution >= 0.6 is 22.9 Å². The quantitative estimate of drug-likeness (QED) is 0.222. The van der Waals surface area contributed by atoms with E-state index in [9.17, 15) is 14.7 Å². The molecule has 0 saturated carbocycles. The zero-order valence-electron chi connectivity index (χ0n) is 24.8. The van der Waals surface area contributed by atoms with Crippen molar-refractivity contribution in [1.82, 2.24) is 20.0 Å². The normalized spacial score (nSPS) is 17.5. The van der Waals surface area contributed by atoms with Gasteiger partial charge < -0.3 is 20.2 Å². The van der Waals surface area contributed by atoms with Crippen molar-refractivity contribution in [3.63, 3.8) is 0 Å². The molecule has 2 N–H and O–H groups in total. The number of halogens is 1. The van der Waals surface area contributed by atoms with Crippen molar-refractivity contribution in [2.45, 2.75) is 31.8 Å². The average molecular weight is 631 g/mol. The first-order chi connectivity index (χ1) is 21.4. The van der Waals surface area contributed by atoms with E-state index in [1.807, 2.05) is 29.2 Å². The highest BCUT2D eigenvalue weighted by Crippen LogP contribution is 2.29. The van der Waals surface area contributed by atoms with Crippen LogP contribution in [0.25, 0.3) is 21.2 Å². The average Bonchev–Trinajstić information content (AvgIpc) is 3.54. The number of hydrogen-bond acceptors (Lipinski definition) is 5. The van der Waals surface area contributed by atoms with Gasteiger partial charge in [0, 0.05) is 49.0 Å². The Morgan fingerprint density at radius 1 is 0.886 bits per heavy atom. The molecule has 7 nitrogen and oxygen atoms in total. The van der Waals surface area contributed by atoms with E-state index < -0.39 is 12.1 Å². The van der Waals surface area contributed by atoms with Gasteiger partial charge in [-0.1, -0.05) is 66.2 Å². The van der Waals surface area contributed by atoms with Crippen molar-refractivity contribution in [2.75, 3.05) is 45.8 Å². The fraction of sp³-hybridized carbons (Fsp3) is 0.371. The predicted molar refractivity (Wildman–Crippen MR) is 178 cm³/mol. The smallest absolute Gasteiger partial charge is 0.405 e. The van der Waals surface area contributed by atoms with Crippen molar-refractivity contribution >= 4 is 45.0 Å². The number of benzene rings is 3. The summed E-state index contributed by atoms with van der Waals surface area (Å²) < 4.78 is 1.33. The minimum Gasteiger partial charge on any atom is -0.465 e. The van der Waals surface area contributed by atoms with Gasteiger partial charge in [-0.2, -0.15) is 0 Å². The summed E-state index contributed by atoms with van der Waals surface area (Å²) in [6.45, 7) is 6.19. The third-order valence-electron chi connectivity index (χ3n) is 9.14. The summed E-state index contributed by atoms with van der Waals surface area (Å²) in [5, 5.41) is 16.4. The zero-order valence-corrected chi connectivity index (χ0v) is 26.4. The van der Waals surface area contributed by atoms with Crippen LogP contribution in [-0.2, 0) is 17.8 Å². The van der Waals surface area contributed by atoms with E-state index in [0.717, 1.165) is 63.6 Å². The Bertz CT molecular complexity index is 1580. The standard InChI is InChI=1S/C35H39ClN4O3S/c36-30-9-10-31(25-5-2-1-3-6-25)28(23-30)13-17-38-15-11-26(12-16-38)32(37-35(42)43)34(41)40-20-18-39(19-21-40)24-29-8-4-7-27-14-22-44-33(27)29/h1-10,14,22-23,26,32,37H,11-13,15-21,24H2,(H,42,43). The van der Waals surface area contributed by atoms with E-state index in [-0.39, 0.29) is 11.8 Å². The molecule has 1 atom stereocenters. The fourth-order valence-electron chi connectivity index (χ4n) is 6.71. The summed E-state index contributed by atoms with van der Waals surface area (Å²) in [7, 11) is 0. The maximum atomic E-state index is 13.7. The van der Waals surface area contributed by atoms with Crippen molar-refractivity contribution in [1.29, 1.82) is 0 Å². The number of hydrogen-bond donors (Lipinski definition) is 2. The van der Waals surface area contributed by atoms with E-state index in [1.54, 1.807) is 11.3 Å². The molecule has 44 heavy (non-hydrogen) atoms. The van der Waals surface area contributed by atoms with Gasteiger partial charge in [-0.05, 0) is 89.5 Å². The molecule has 1 unspecified atom stereocenters. The number of carboxylic acid groups (broad SMARTS) is 1. The van der Waals surface area contributed by atoms with Gasteiger partial charge in [0.25, 0.3) is 0 Å².